The summed E-state index contributed by atoms with van der Waals surface area (Å²) < 4.78 is 34.9. The molecule has 0 spiro atoms. The van der Waals surface area contributed by atoms with E-state index < -0.39 is 24.3 Å². The maximum absolute atomic E-state index is 11.6. The number of nitrogens with two attached hydrogens (primary N) is 1. The van der Waals surface area contributed by atoms with E-state index in [1.807, 2.05) is 0 Å². The fraction of sp³-hybridized carbons (Fsp3) is 0.750. The van der Waals surface area contributed by atoms with Gasteiger partial charge in [0.1, 0.15) is 0 Å². The highest BCUT2D eigenvalue weighted by Gasteiger charge is 2.59. The van der Waals surface area contributed by atoms with E-state index in [1.54, 1.807) is 0 Å². The van der Waals surface area contributed by atoms with E-state index >= 15 is 0 Å². The Labute approximate surface area is 59.4 Å². The molecule has 7 heteroatoms. The molecule has 0 aromatic heterocycles. The number of halogens is 3. The first-order valence-corrected chi connectivity index (χ1v) is 2.48. The van der Waals surface area contributed by atoms with Gasteiger partial charge in [-0.25, -0.2) is 4.79 Å². The van der Waals surface area contributed by atoms with Crippen LogP contribution in [0.3, 0.4) is 0 Å². The third-order valence-corrected chi connectivity index (χ3v) is 1.12. The van der Waals surface area contributed by atoms with E-state index in [1.165, 1.54) is 0 Å². The van der Waals surface area contributed by atoms with Gasteiger partial charge in [-0.1, -0.05) is 0 Å². The second kappa shape index (κ2) is 2.67. The van der Waals surface area contributed by atoms with Crippen molar-refractivity contribution in [2.45, 2.75) is 11.8 Å². The molecule has 0 rings (SSSR count). The molecule has 0 heterocycles. The quantitative estimate of drug-likeness (QED) is 0.516. The summed E-state index contributed by atoms with van der Waals surface area (Å²) in [6, 6.07) is 0. The molecule has 4 N–H and O–H groups in total. The van der Waals surface area contributed by atoms with Gasteiger partial charge in [0.05, 0.1) is 0 Å². The smallest absolute Gasteiger partial charge is 0.429 e. The second-order valence-electron chi connectivity index (χ2n) is 1.87. The van der Waals surface area contributed by atoms with Crippen LogP contribution in [0.4, 0.5) is 13.2 Å². The largest absolute Gasteiger partial charge is 0.479 e. The Balaban J connectivity index is 4.75. The number of carboxylic acid groups (broad SMARTS) is 1. The molecule has 0 saturated carbocycles. The van der Waals surface area contributed by atoms with Crippen molar-refractivity contribution in [1.29, 1.82) is 0 Å². The third-order valence-electron chi connectivity index (χ3n) is 1.12. The summed E-state index contributed by atoms with van der Waals surface area (Å²) in [6.07, 6.45) is -5.24. The van der Waals surface area contributed by atoms with Crippen molar-refractivity contribution in [1.82, 2.24) is 0 Å². The first-order valence-electron chi connectivity index (χ1n) is 2.48. The first kappa shape index (κ1) is 10.2. The Kier molecular flexibility index (Phi) is 2.47. The van der Waals surface area contributed by atoms with Crippen LogP contribution in [0.25, 0.3) is 0 Å². The summed E-state index contributed by atoms with van der Waals surface area (Å²) >= 11 is 0. The molecule has 0 aliphatic rings. The molecule has 11 heavy (non-hydrogen) atoms. The van der Waals surface area contributed by atoms with Crippen LogP contribution in [0.15, 0.2) is 0 Å². The topological polar surface area (TPSA) is 83.5 Å². The molecule has 0 aromatic rings. The van der Waals surface area contributed by atoms with Gasteiger partial charge in [-0.3, -0.25) is 0 Å². The number of hydrogen-bond acceptors (Lipinski definition) is 3. The fourth-order valence-electron chi connectivity index (χ4n) is 0.324. The van der Waals surface area contributed by atoms with E-state index in [0.717, 1.165) is 0 Å². The van der Waals surface area contributed by atoms with Crippen molar-refractivity contribution in [3.8, 4) is 0 Å². The Morgan fingerprint density at radius 1 is 1.45 bits per heavy atom. The number of hydrogen-bond donors (Lipinski definition) is 3. The van der Waals surface area contributed by atoms with Crippen LogP contribution >= 0.6 is 0 Å². The van der Waals surface area contributed by atoms with Crippen molar-refractivity contribution in [2.75, 3.05) is 6.54 Å². The first-order chi connectivity index (χ1) is 4.75. The molecule has 0 saturated heterocycles. The molecule has 4 nitrogen and oxygen atoms in total. The summed E-state index contributed by atoms with van der Waals surface area (Å²) in [5, 5.41) is 16.3. The molecule has 66 valence electrons. The Morgan fingerprint density at radius 2 is 1.82 bits per heavy atom. The van der Waals surface area contributed by atoms with Crippen LogP contribution in [0, 0.1) is 0 Å². The van der Waals surface area contributed by atoms with Crippen molar-refractivity contribution in [3.05, 3.63) is 0 Å². The predicted molar refractivity (Wildman–Crippen MR) is 27.7 cm³/mol. The summed E-state index contributed by atoms with van der Waals surface area (Å²) in [5.74, 6) is -2.40. The van der Waals surface area contributed by atoms with Crippen molar-refractivity contribution in [2.24, 2.45) is 5.73 Å². The zero-order chi connectivity index (χ0) is 9.28. The molecule has 0 unspecified atom stereocenters. The molecule has 0 bridgehead atoms. The van der Waals surface area contributed by atoms with Crippen molar-refractivity contribution in [3.63, 3.8) is 0 Å². The Morgan fingerprint density at radius 3 is 1.82 bits per heavy atom. The van der Waals surface area contributed by atoms with E-state index in [4.69, 9.17) is 10.2 Å². The monoisotopic (exact) mass is 173 g/mol. The Bertz CT molecular complexity index is 168. The highest BCUT2D eigenvalue weighted by Crippen LogP contribution is 2.29. The van der Waals surface area contributed by atoms with Gasteiger partial charge < -0.3 is 15.9 Å². The fourth-order valence-corrected chi connectivity index (χ4v) is 0.324. The standard InChI is InChI=1S/C4H6F3NO3/c5-4(6,7)3(11,1-8)2(9)10/h11H,1,8H2,(H,9,10)/t3-/m0/s1. The summed E-state index contributed by atoms with van der Waals surface area (Å²) in [6.45, 7) is -1.40. The highest BCUT2D eigenvalue weighted by molar-refractivity contribution is 5.78. The lowest BCUT2D eigenvalue weighted by Crippen LogP contribution is -2.57. The lowest BCUT2D eigenvalue weighted by atomic mass is 10.1. The molecule has 0 aromatic carbocycles. The predicted octanol–water partition coefficient (Wildman–Crippen LogP) is -0.677. The van der Waals surface area contributed by atoms with Crippen LogP contribution in [-0.2, 0) is 4.79 Å². The van der Waals surface area contributed by atoms with Crippen molar-refractivity contribution >= 4 is 5.97 Å². The third kappa shape index (κ3) is 1.60. The zero-order valence-corrected chi connectivity index (χ0v) is 5.22. The maximum atomic E-state index is 11.6. The minimum atomic E-state index is -5.24. The molecule has 0 aliphatic heterocycles. The van der Waals surface area contributed by atoms with E-state index in [0.29, 0.717) is 0 Å². The van der Waals surface area contributed by atoms with Crippen LogP contribution in [0.2, 0.25) is 0 Å². The summed E-state index contributed by atoms with van der Waals surface area (Å²) in [7, 11) is 0. The van der Waals surface area contributed by atoms with Crippen LogP contribution in [0.1, 0.15) is 0 Å². The molecular formula is C4H6F3NO3. The number of carbonyl (C=O) groups is 1. The van der Waals surface area contributed by atoms with Crippen LogP contribution in [0.5, 0.6) is 0 Å². The molecule has 0 fully saturated rings. The van der Waals surface area contributed by atoms with Crippen LogP contribution in [-0.4, -0.2) is 34.5 Å². The van der Waals surface area contributed by atoms with Gasteiger partial charge in [0.15, 0.2) is 0 Å². The van der Waals surface area contributed by atoms with Gasteiger partial charge in [-0.05, 0) is 0 Å². The number of aliphatic carboxylic acids is 1. The van der Waals surface area contributed by atoms with E-state index in [-0.39, 0.29) is 0 Å². The average molecular weight is 173 g/mol. The summed E-state index contributed by atoms with van der Waals surface area (Å²) in [4.78, 5) is 9.85. The lowest BCUT2D eigenvalue weighted by Gasteiger charge is -2.23. The van der Waals surface area contributed by atoms with E-state index in [2.05, 4.69) is 5.73 Å². The Hall–Kier alpha value is -0.820. The maximum Gasteiger partial charge on any atom is 0.429 e. The van der Waals surface area contributed by atoms with Gasteiger partial charge >= 0.3 is 12.1 Å². The van der Waals surface area contributed by atoms with Crippen molar-refractivity contribution < 1.29 is 28.2 Å². The number of alkyl halides is 3. The molecule has 0 amide bonds. The molecule has 1 atom stereocenters. The second-order valence-corrected chi connectivity index (χ2v) is 1.87. The SMILES string of the molecule is NC[C@](O)(C(=O)O)C(F)(F)F. The molecule has 0 radical (unpaired) electrons. The van der Waals surface area contributed by atoms with Gasteiger partial charge in [-0.2, -0.15) is 13.2 Å². The highest BCUT2D eigenvalue weighted by atomic mass is 19.4. The molecular weight excluding hydrogens is 167 g/mol. The zero-order valence-electron chi connectivity index (χ0n) is 5.22. The summed E-state index contributed by atoms with van der Waals surface area (Å²) in [5.41, 5.74) is 0.617. The van der Waals surface area contributed by atoms with E-state index in [9.17, 15) is 18.0 Å². The van der Waals surface area contributed by atoms with Gasteiger partial charge in [0, 0.05) is 6.54 Å². The molecule has 0 aliphatic carbocycles. The minimum absolute atomic E-state index is 1.40. The average Bonchev–Trinajstić information content (AvgIpc) is 1.83. The normalized spacial score (nSPS) is 17.5. The van der Waals surface area contributed by atoms with Crippen LogP contribution < -0.4 is 5.73 Å². The van der Waals surface area contributed by atoms with Gasteiger partial charge in [0.25, 0.3) is 5.60 Å². The van der Waals surface area contributed by atoms with Gasteiger partial charge in [0.2, 0.25) is 0 Å². The lowest BCUT2D eigenvalue weighted by molar-refractivity contribution is -0.256. The number of rotatable bonds is 2. The number of carboxylic acids is 1. The number of aliphatic hydroxyl groups is 1. The van der Waals surface area contributed by atoms with Gasteiger partial charge in [-0.15, -0.1) is 0 Å². The minimum Gasteiger partial charge on any atom is -0.479 e.